The highest BCUT2D eigenvalue weighted by Crippen LogP contribution is 2.13. The van der Waals surface area contributed by atoms with Gasteiger partial charge < -0.3 is 10.1 Å². The van der Waals surface area contributed by atoms with Crippen LogP contribution in [0.15, 0.2) is 33.9 Å². The maximum Gasteiger partial charge on any atom is 0.338 e. The molecule has 9 heteroatoms. The Morgan fingerprint density at radius 3 is 2.61 bits per heavy atom. The van der Waals surface area contributed by atoms with E-state index in [0.717, 1.165) is 4.57 Å². The molecule has 3 rings (SSSR count). The van der Waals surface area contributed by atoms with Gasteiger partial charge in [0.2, 0.25) is 5.91 Å². The van der Waals surface area contributed by atoms with Gasteiger partial charge in [-0.2, -0.15) is 5.26 Å². The maximum atomic E-state index is 12.5. The predicted octanol–water partition coefficient (Wildman–Crippen LogP) is 0.643. The van der Waals surface area contributed by atoms with Gasteiger partial charge in [-0.05, 0) is 44.0 Å². The number of benzene rings is 1. The van der Waals surface area contributed by atoms with Crippen LogP contribution in [0, 0.1) is 11.3 Å². The third kappa shape index (κ3) is 3.57. The first-order valence-electron chi connectivity index (χ1n) is 8.80. The van der Waals surface area contributed by atoms with Gasteiger partial charge in [0, 0.05) is 17.9 Å². The lowest BCUT2D eigenvalue weighted by molar-refractivity contribution is -0.116. The number of ether oxygens (including phenoxy) is 1. The minimum absolute atomic E-state index is 0.0938. The van der Waals surface area contributed by atoms with E-state index in [9.17, 15) is 24.4 Å². The highest BCUT2D eigenvalue weighted by Gasteiger charge is 2.23. The van der Waals surface area contributed by atoms with E-state index in [1.54, 1.807) is 6.92 Å². The largest absolute Gasteiger partial charge is 0.462 e. The van der Waals surface area contributed by atoms with Gasteiger partial charge in [-0.3, -0.25) is 14.2 Å². The van der Waals surface area contributed by atoms with Gasteiger partial charge >= 0.3 is 11.7 Å². The Bertz CT molecular complexity index is 1090. The van der Waals surface area contributed by atoms with E-state index in [1.165, 1.54) is 28.8 Å². The van der Waals surface area contributed by atoms with Crippen LogP contribution in [-0.2, 0) is 29.0 Å². The van der Waals surface area contributed by atoms with Crippen molar-refractivity contribution >= 4 is 17.6 Å². The molecule has 28 heavy (non-hydrogen) atoms. The van der Waals surface area contributed by atoms with Crippen molar-refractivity contribution in [2.45, 2.75) is 32.9 Å². The van der Waals surface area contributed by atoms with Crippen LogP contribution in [0.1, 0.15) is 35.0 Å². The summed E-state index contributed by atoms with van der Waals surface area (Å²) in [5.41, 5.74) is -0.273. The van der Waals surface area contributed by atoms with E-state index in [0.29, 0.717) is 36.3 Å². The minimum atomic E-state index is -0.756. The number of rotatable bonds is 5. The Hall–Kier alpha value is -3.67. The van der Waals surface area contributed by atoms with E-state index in [1.807, 2.05) is 6.07 Å². The van der Waals surface area contributed by atoms with E-state index >= 15 is 0 Å². The van der Waals surface area contributed by atoms with Gasteiger partial charge in [0.05, 0.1) is 12.2 Å². The van der Waals surface area contributed by atoms with Crippen LogP contribution in [-0.4, -0.2) is 27.6 Å². The molecule has 0 atom stereocenters. The SMILES string of the molecule is CCOC(=O)c1ccc(NC(=O)Cn2c(=O)c(C#N)c3n(c2=O)CCC3)cc1. The molecule has 1 aliphatic heterocycles. The standard InChI is InChI=1S/C19H18N4O5/c1-2-28-18(26)12-5-7-13(8-6-12)21-16(24)11-23-17(25)14(10-20)15-4-3-9-22(15)19(23)27/h5-8H,2-4,9,11H2,1H3,(H,21,24). The molecule has 0 saturated carbocycles. The average Bonchev–Trinajstić information content (AvgIpc) is 3.16. The number of anilines is 1. The van der Waals surface area contributed by atoms with Crippen LogP contribution in [0.3, 0.4) is 0 Å². The van der Waals surface area contributed by atoms with Crippen LogP contribution in [0.25, 0.3) is 0 Å². The van der Waals surface area contributed by atoms with E-state index < -0.39 is 29.7 Å². The summed E-state index contributed by atoms with van der Waals surface area (Å²) in [5.74, 6) is -1.06. The monoisotopic (exact) mass is 382 g/mol. The van der Waals surface area contributed by atoms with Gasteiger partial charge in [-0.1, -0.05) is 0 Å². The zero-order valence-electron chi connectivity index (χ0n) is 15.2. The fraction of sp³-hybridized carbons (Fsp3) is 0.316. The summed E-state index contributed by atoms with van der Waals surface area (Å²) in [6, 6.07) is 7.87. The number of fused-ring (bicyclic) bond motifs is 1. The van der Waals surface area contributed by atoms with Gasteiger partial charge in [-0.25, -0.2) is 14.2 Å². The van der Waals surface area contributed by atoms with E-state index in [-0.39, 0.29) is 12.2 Å². The first kappa shape index (κ1) is 19.1. The number of amides is 1. The molecule has 0 bridgehead atoms. The first-order chi connectivity index (χ1) is 13.5. The average molecular weight is 382 g/mol. The molecular weight excluding hydrogens is 364 g/mol. The lowest BCUT2D eigenvalue weighted by Crippen LogP contribution is -2.44. The van der Waals surface area contributed by atoms with E-state index in [4.69, 9.17) is 4.74 Å². The molecule has 1 aliphatic rings. The second-order valence-electron chi connectivity index (χ2n) is 6.21. The van der Waals surface area contributed by atoms with Crippen molar-refractivity contribution in [2.75, 3.05) is 11.9 Å². The molecule has 0 spiro atoms. The quantitative estimate of drug-likeness (QED) is 0.757. The second-order valence-corrected chi connectivity index (χ2v) is 6.21. The lowest BCUT2D eigenvalue weighted by atomic mass is 10.2. The Kier molecular flexibility index (Phi) is 5.40. The highest BCUT2D eigenvalue weighted by atomic mass is 16.5. The molecule has 0 unspecified atom stereocenters. The maximum absolute atomic E-state index is 12.5. The number of aromatic nitrogens is 2. The summed E-state index contributed by atoms with van der Waals surface area (Å²) in [7, 11) is 0. The fourth-order valence-corrected chi connectivity index (χ4v) is 3.14. The smallest absolute Gasteiger partial charge is 0.338 e. The number of carbonyl (C=O) groups is 2. The Morgan fingerprint density at radius 1 is 1.25 bits per heavy atom. The van der Waals surface area contributed by atoms with Crippen LogP contribution < -0.4 is 16.6 Å². The number of nitriles is 1. The molecule has 2 heterocycles. The summed E-state index contributed by atoms with van der Waals surface area (Å²) in [5, 5.41) is 11.8. The summed E-state index contributed by atoms with van der Waals surface area (Å²) < 4.78 is 7.03. The number of esters is 1. The molecule has 0 aliphatic carbocycles. The van der Waals surface area contributed by atoms with Crippen molar-refractivity contribution in [3.63, 3.8) is 0 Å². The molecule has 1 amide bonds. The molecular formula is C19H18N4O5. The van der Waals surface area contributed by atoms with Crippen LogP contribution in [0.2, 0.25) is 0 Å². The summed E-state index contributed by atoms with van der Waals surface area (Å²) in [4.78, 5) is 48.9. The second kappa shape index (κ2) is 7.92. The van der Waals surface area contributed by atoms with Crippen molar-refractivity contribution in [1.29, 1.82) is 5.26 Å². The molecule has 0 saturated heterocycles. The Morgan fingerprint density at radius 2 is 1.96 bits per heavy atom. The normalized spacial score (nSPS) is 12.1. The van der Waals surface area contributed by atoms with Gasteiger partial charge in [0.15, 0.2) is 0 Å². The zero-order valence-corrected chi connectivity index (χ0v) is 15.2. The molecule has 9 nitrogen and oxygen atoms in total. The van der Waals surface area contributed by atoms with Crippen LogP contribution in [0.5, 0.6) is 0 Å². The lowest BCUT2D eigenvalue weighted by Gasteiger charge is -2.11. The van der Waals surface area contributed by atoms with Gasteiger partial charge in [0.1, 0.15) is 18.2 Å². The molecule has 1 N–H and O–H groups in total. The highest BCUT2D eigenvalue weighted by molar-refractivity contribution is 5.93. The van der Waals surface area contributed by atoms with Crippen LogP contribution in [0.4, 0.5) is 5.69 Å². The number of nitrogens with one attached hydrogen (secondary N) is 1. The van der Waals surface area contributed by atoms with E-state index in [2.05, 4.69) is 5.32 Å². The molecule has 0 fully saturated rings. The molecule has 0 radical (unpaired) electrons. The third-order valence-electron chi connectivity index (χ3n) is 4.42. The molecule has 1 aromatic carbocycles. The van der Waals surface area contributed by atoms with Crippen molar-refractivity contribution in [2.24, 2.45) is 0 Å². The minimum Gasteiger partial charge on any atom is -0.462 e. The number of carbonyl (C=O) groups excluding carboxylic acids is 2. The summed E-state index contributed by atoms with van der Waals surface area (Å²) in [6.07, 6.45) is 1.17. The fourth-order valence-electron chi connectivity index (χ4n) is 3.14. The topological polar surface area (TPSA) is 123 Å². The number of nitrogens with zero attached hydrogens (tertiary/aromatic N) is 3. The third-order valence-corrected chi connectivity index (χ3v) is 4.42. The zero-order chi connectivity index (χ0) is 20.3. The van der Waals surface area contributed by atoms with Gasteiger partial charge in [0.25, 0.3) is 5.56 Å². The Labute approximate surface area is 159 Å². The van der Waals surface area contributed by atoms with Crippen molar-refractivity contribution < 1.29 is 14.3 Å². The number of hydrogen-bond acceptors (Lipinski definition) is 6. The van der Waals surface area contributed by atoms with Crippen molar-refractivity contribution in [3.8, 4) is 6.07 Å². The van der Waals surface area contributed by atoms with Crippen LogP contribution >= 0.6 is 0 Å². The molecule has 1 aromatic heterocycles. The summed E-state index contributed by atoms with van der Waals surface area (Å²) in [6.45, 7) is 1.87. The first-order valence-corrected chi connectivity index (χ1v) is 8.80. The van der Waals surface area contributed by atoms with Crippen molar-refractivity contribution in [1.82, 2.24) is 9.13 Å². The van der Waals surface area contributed by atoms with Gasteiger partial charge in [-0.15, -0.1) is 0 Å². The molecule has 2 aromatic rings. The van der Waals surface area contributed by atoms with Crippen molar-refractivity contribution in [3.05, 3.63) is 61.9 Å². The predicted molar refractivity (Wildman–Crippen MR) is 99.0 cm³/mol. The molecule has 144 valence electrons. The summed E-state index contributed by atoms with van der Waals surface area (Å²) >= 11 is 0. The number of hydrogen-bond donors (Lipinski definition) is 1. The Balaban J connectivity index is 1.79.